The van der Waals surface area contributed by atoms with Crippen molar-refractivity contribution in [3.63, 3.8) is 0 Å². The highest BCUT2D eigenvalue weighted by Crippen LogP contribution is 2.20. The monoisotopic (exact) mass is 354 g/mol. The van der Waals surface area contributed by atoms with E-state index in [1.165, 1.54) is 12.1 Å². The number of amides is 1. The summed E-state index contributed by atoms with van der Waals surface area (Å²) in [7, 11) is 0. The summed E-state index contributed by atoms with van der Waals surface area (Å²) in [5.74, 6) is -0.0384. The summed E-state index contributed by atoms with van der Waals surface area (Å²) in [6.07, 6.45) is 0. The number of aromatic nitrogens is 3. The lowest BCUT2D eigenvalue weighted by molar-refractivity contribution is 0.0950. The van der Waals surface area contributed by atoms with Crippen molar-refractivity contribution in [1.29, 1.82) is 0 Å². The van der Waals surface area contributed by atoms with E-state index >= 15 is 0 Å². The molecule has 2 aromatic carbocycles. The first-order valence-electron chi connectivity index (χ1n) is 7.41. The number of benzene rings is 2. The Morgan fingerprint density at radius 2 is 1.88 bits per heavy atom. The van der Waals surface area contributed by atoms with Gasteiger partial charge < -0.3 is 9.84 Å². The minimum absolute atomic E-state index is 0.219. The van der Waals surface area contributed by atoms with E-state index < -0.39 is 0 Å². The predicted octanol–water partition coefficient (Wildman–Crippen LogP) is 3.42. The lowest BCUT2D eigenvalue weighted by Gasteiger charge is -2.02. The maximum absolute atomic E-state index is 13.0. The fraction of sp³-hybridized carbons (Fsp3) is 0.0588. The summed E-state index contributed by atoms with van der Waals surface area (Å²) in [5, 5.41) is 6.70. The molecule has 0 spiro atoms. The number of hydrogen-bond acceptors (Lipinski definition) is 6. The molecule has 0 bridgehead atoms. The number of carbonyl (C=O) groups is 1. The van der Waals surface area contributed by atoms with Gasteiger partial charge in [-0.25, -0.2) is 4.39 Å². The molecule has 8 heteroatoms. The SMILES string of the molecule is O=C(NCc1cc(-c2ccc(F)cc2)on1)c1ccc2nsnc2c1. The van der Waals surface area contributed by atoms with Crippen LogP contribution in [0.15, 0.2) is 53.1 Å². The van der Waals surface area contributed by atoms with Gasteiger partial charge in [-0.1, -0.05) is 5.16 Å². The van der Waals surface area contributed by atoms with Gasteiger partial charge in [0, 0.05) is 17.2 Å². The van der Waals surface area contributed by atoms with Crippen LogP contribution in [0.4, 0.5) is 4.39 Å². The van der Waals surface area contributed by atoms with E-state index in [2.05, 4.69) is 19.2 Å². The summed E-state index contributed by atoms with van der Waals surface area (Å²) in [6, 6.07) is 12.8. The van der Waals surface area contributed by atoms with Crippen LogP contribution in [0, 0.1) is 5.82 Å². The normalized spacial score (nSPS) is 10.9. The topological polar surface area (TPSA) is 80.9 Å². The van der Waals surface area contributed by atoms with Crippen molar-refractivity contribution in [3.05, 3.63) is 65.6 Å². The molecule has 1 N–H and O–H groups in total. The number of hydrogen-bond donors (Lipinski definition) is 1. The van der Waals surface area contributed by atoms with Gasteiger partial charge >= 0.3 is 0 Å². The largest absolute Gasteiger partial charge is 0.356 e. The molecule has 6 nitrogen and oxygen atoms in total. The Morgan fingerprint density at radius 3 is 2.72 bits per heavy atom. The average Bonchev–Trinajstić information content (AvgIpc) is 3.29. The standard InChI is InChI=1S/C17H11FN4O2S/c18-12-4-1-10(2-5-12)16-8-13(20-24-16)9-19-17(23)11-3-6-14-15(7-11)22-25-21-14/h1-8H,9H2,(H,19,23). The van der Waals surface area contributed by atoms with E-state index in [0.717, 1.165) is 17.2 Å². The van der Waals surface area contributed by atoms with Crippen LogP contribution in [-0.2, 0) is 6.54 Å². The van der Waals surface area contributed by atoms with E-state index in [9.17, 15) is 9.18 Å². The van der Waals surface area contributed by atoms with Crippen molar-refractivity contribution in [2.45, 2.75) is 6.54 Å². The van der Waals surface area contributed by atoms with Gasteiger partial charge in [-0.15, -0.1) is 0 Å². The third kappa shape index (κ3) is 3.24. The second kappa shape index (κ2) is 6.40. The third-order valence-corrected chi connectivity index (χ3v) is 4.19. The van der Waals surface area contributed by atoms with Gasteiger partial charge in [-0.05, 0) is 42.5 Å². The first-order chi connectivity index (χ1) is 12.2. The Hall–Kier alpha value is -3.13. The molecular formula is C17H11FN4O2S. The third-order valence-electron chi connectivity index (χ3n) is 3.63. The van der Waals surface area contributed by atoms with Crippen LogP contribution >= 0.6 is 11.7 Å². The Kier molecular flexibility index (Phi) is 3.95. The Labute approximate surface area is 145 Å². The average molecular weight is 354 g/mol. The van der Waals surface area contributed by atoms with Crippen LogP contribution in [-0.4, -0.2) is 19.8 Å². The van der Waals surface area contributed by atoms with Gasteiger partial charge in [-0.3, -0.25) is 4.79 Å². The lowest BCUT2D eigenvalue weighted by Crippen LogP contribution is -2.22. The maximum Gasteiger partial charge on any atom is 0.251 e. The van der Waals surface area contributed by atoms with Crippen molar-refractivity contribution in [2.24, 2.45) is 0 Å². The highest BCUT2D eigenvalue weighted by molar-refractivity contribution is 7.00. The van der Waals surface area contributed by atoms with Crippen molar-refractivity contribution >= 4 is 28.7 Å². The molecule has 4 rings (SSSR count). The summed E-state index contributed by atoms with van der Waals surface area (Å²) in [6.45, 7) is 0.219. The molecule has 124 valence electrons. The first-order valence-corrected chi connectivity index (χ1v) is 8.14. The van der Waals surface area contributed by atoms with Crippen molar-refractivity contribution < 1.29 is 13.7 Å². The highest BCUT2D eigenvalue weighted by atomic mass is 32.1. The summed E-state index contributed by atoms with van der Waals surface area (Å²) < 4.78 is 26.4. The lowest BCUT2D eigenvalue weighted by atomic mass is 10.1. The van der Waals surface area contributed by atoms with Gasteiger partial charge in [0.15, 0.2) is 5.76 Å². The summed E-state index contributed by atoms with van der Waals surface area (Å²) >= 11 is 1.11. The zero-order valence-electron chi connectivity index (χ0n) is 12.8. The molecule has 0 fully saturated rings. The molecule has 25 heavy (non-hydrogen) atoms. The summed E-state index contributed by atoms with van der Waals surface area (Å²) in [5.41, 5.74) is 3.25. The molecule has 0 atom stereocenters. The number of rotatable bonds is 4. The molecule has 2 heterocycles. The van der Waals surface area contributed by atoms with Gasteiger partial charge in [0.25, 0.3) is 5.91 Å². The zero-order valence-corrected chi connectivity index (χ0v) is 13.6. The molecule has 0 radical (unpaired) electrons. The molecule has 1 amide bonds. The van der Waals surface area contributed by atoms with Crippen LogP contribution < -0.4 is 5.32 Å². The minimum Gasteiger partial charge on any atom is -0.356 e. The maximum atomic E-state index is 13.0. The van der Waals surface area contributed by atoms with E-state index in [-0.39, 0.29) is 18.3 Å². The number of nitrogens with zero attached hydrogens (tertiary/aromatic N) is 3. The quantitative estimate of drug-likeness (QED) is 0.607. The number of carbonyl (C=O) groups excluding carboxylic acids is 1. The Morgan fingerprint density at radius 1 is 1.08 bits per heavy atom. The summed E-state index contributed by atoms with van der Waals surface area (Å²) in [4.78, 5) is 12.2. The number of halogens is 1. The second-order valence-electron chi connectivity index (χ2n) is 5.34. The molecule has 0 aliphatic carbocycles. The number of nitrogens with one attached hydrogen (secondary N) is 1. The highest BCUT2D eigenvalue weighted by Gasteiger charge is 2.11. The van der Waals surface area contributed by atoms with Crippen molar-refractivity contribution in [2.75, 3.05) is 0 Å². The van der Waals surface area contributed by atoms with Crippen LogP contribution in [0.1, 0.15) is 16.1 Å². The van der Waals surface area contributed by atoms with Crippen LogP contribution in [0.5, 0.6) is 0 Å². The fourth-order valence-electron chi connectivity index (χ4n) is 2.34. The van der Waals surface area contributed by atoms with Crippen molar-refractivity contribution in [3.8, 4) is 11.3 Å². The van der Waals surface area contributed by atoms with E-state index in [4.69, 9.17) is 4.52 Å². The predicted molar refractivity (Wildman–Crippen MR) is 90.5 cm³/mol. The zero-order chi connectivity index (χ0) is 17.2. The first kappa shape index (κ1) is 15.4. The molecule has 0 aliphatic rings. The van der Waals surface area contributed by atoms with Crippen LogP contribution in [0.3, 0.4) is 0 Å². The van der Waals surface area contributed by atoms with Crippen LogP contribution in [0.2, 0.25) is 0 Å². The molecule has 0 unspecified atom stereocenters. The van der Waals surface area contributed by atoms with E-state index in [1.54, 1.807) is 36.4 Å². The van der Waals surface area contributed by atoms with E-state index in [1.807, 2.05) is 0 Å². The molecule has 4 aromatic rings. The number of fused-ring (bicyclic) bond motifs is 1. The van der Waals surface area contributed by atoms with Gasteiger partial charge in [0.2, 0.25) is 0 Å². The fourth-order valence-corrected chi connectivity index (χ4v) is 2.86. The molecule has 0 saturated heterocycles. The molecule has 2 aromatic heterocycles. The minimum atomic E-state index is -0.317. The van der Waals surface area contributed by atoms with Gasteiger partial charge in [-0.2, -0.15) is 8.75 Å². The van der Waals surface area contributed by atoms with Crippen molar-refractivity contribution in [1.82, 2.24) is 19.2 Å². The van der Waals surface area contributed by atoms with Gasteiger partial charge in [0.05, 0.1) is 18.3 Å². The Balaban J connectivity index is 1.44. The molecule has 0 aliphatic heterocycles. The molecule has 0 saturated carbocycles. The molecular weight excluding hydrogens is 343 g/mol. The van der Waals surface area contributed by atoms with Gasteiger partial charge in [0.1, 0.15) is 22.5 Å². The smallest absolute Gasteiger partial charge is 0.251 e. The van der Waals surface area contributed by atoms with E-state index in [0.29, 0.717) is 28.1 Å². The Bertz CT molecular complexity index is 1040. The second-order valence-corrected chi connectivity index (χ2v) is 5.87. The van der Waals surface area contributed by atoms with Crippen LogP contribution in [0.25, 0.3) is 22.4 Å².